The van der Waals surface area contributed by atoms with Gasteiger partial charge in [-0.1, -0.05) is 36.8 Å². The Labute approximate surface area is 149 Å². The van der Waals surface area contributed by atoms with Gasteiger partial charge in [-0.15, -0.1) is 0 Å². The maximum Gasteiger partial charge on any atom is 0.416 e. The molecule has 1 aliphatic carbocycles. The maximum absolute atomic E-state index is 13.3. The van der Waals surface area contributed by atoms with E-state index in [9.17, 15) is 18.0 Å². The lowest BCUT2D eigenvalue weighted by Crippen LogP contribution is -2.31. The molecule has 0 radical (unpaired) electrons. The van der Waals surface area contributed by atoms with Gasteiger partial charge in [0.05, 0.1) is 11.1 Å². The van der Waals surface area contributed by atoms with Crippen LogP contribution in [0.15, 0.2) is 48.5 Å². The topological polar surface area (TPSA) is 49.3 Å². The van der Waals surface area contributed by atoms with Gasteiger partial charge in [-0.3, -0.25) is 0 Å². The van der Waals surface area contributed by atoms with Crippen molar-refractivity contribution in [2.45, 2.75) is 43.9 Å². The van der Waals surface area contributed by atoms with Crippen LogP contribution in [-0.4, -0.2) is 17.1 Å². The van der Waals surface area contributed by atoms with Crippen LogP contribution in [-0.2, 0) is 12.7 Å². The molecular formula is C20H20F3NO2. The summed E-state index contributed by atoms with van der Waals surface area (Å²) in [5.41, 5.74) is 0.928. The molecule has 3 nitrogen and oxygen atoms in total. The number of nitrogens with one attached hydrogen (secondary N) is 1. The Morgan fingerprint density at radius 1 is 1.08 bits per heavy atom. The first-order valence-corrected chi connectivity index (χ1v) is 8.58. The first kappa shape index (κ1) is 18.5. The van der Waals surface area contributed by atoms with Crippen molar-refractivity contribution in [1.29, 1.82) is 0 Å². The van der Waals surface area contributed by atoms with Crippen LogP contribution in [0.25, 0.3) is 0 Å². The predicted molar refractivity (Wildman–Crippen MR) is 92.1 cm³/mol. The van der Waals surface area contributed by atoms with Gasteiger partial charge in [0, 0.05) is 12.6 Å². The van der Waals surface area contributed by atoms with Crippen LogP contribution >= 0.6 is 0 Å². The van der Waals surface area contributed by atoms with Crippen molar-refractivity contribution in [3.63, 3.8) is 0 Å². The summed E-state index contributed by atoms with van der Waals surface area (Å²) >= 11 is 0. The van der Waals surface area contributed by atoms with Crippen molar-refractivity contribution in [3.05, 3.63) is 70.8 Å². The lowest BCUT2D eigenvalue weighted by atomic mass is 9.89. The highest BCUT2D eigenvalue weighted by molar-refractivity contribution is 5.87. The van der Waals surface area contributed by atoms with Crippen LogP contribution in [0, 0.1) is 0 Å². The second kappa shape index (κ2) is 7.50. The van der Waals surface area contributed by atoms with Crippen LogP contribution < -0.4 is 5.32 Å². The number of hydrogen-bond acceptors (Lipinski definition) is 2. The molecule has 0 amide bonds. The summed E-state index contributed by atoms with van der Waals surface area (Å²) in [5.74, 6) is -1.16. The molecule has 3 rings (SSSR count). The molecule has 1 saturated carbocycles. The number of carbonyl (C=O) groups is 1. The smallest absolute Gasteiger partial charge is 0.416 e. The molecule has 0 aliphatic heterocycles. The fourth-order valence-corrected chi connectivity index (χ4v) is 3.67. The zero-order valence-corrected chi connectivity index (χ0v) is 14.1. The number of alkyl halides is 3. The third kappa shape index (κ3) is 4.07. The number of carboxylic acids is 1. The van der Waals surface area contributed by atoms with Crippen LogP contribution in [0.5, 0.6) is 0 Å². The molecule has 0 aromatic heterocycles. The van der Waals surface area contributed by atoms with Gasteiger partial charge in [0.1, 0.15) is 0 Å². The first-order chi connectivity index (χ1) is 12.4. The largest absolute Gasteiger partial charge is 0.478 e. The Balaban J connectivity index is 1.72. The van der Waals surface area contributed by atoms with Gasteiger partial charge in [0.2, 0.25) is 0 Å². The van der Waals surface area contributed by atoms with Crippen LogP contribution in [0.1, 0.15) is 52.2 Å². The van der Waals surface area contributed by atoms with Gasteiger partial charge in [0.15, 0.2) is 0 Å². The minimum Gasteiger partial charge on any atom is -0.478 e. The van der Waals surface area contributed by atoms with E-state index in [1.54, 1.807) is 24.3 Å². The number of halogens is 3. The van der Waals surface area contributed by atoms with Gasteiger partial charge in [0.25, 0.3) is 0 Å². The van der Waals surface area contributed by atoms with Gasteiger partial charge in [-0.2, -0.15) is 13.2 Å². The Bertz CT molecular complexity index is 771. The summed E-state index contributed by atoms with van der Waals surface area (Å²) in [6.07, 6.45) is -1.92. The van der Waals surface area contributed by atoms with E-state index >= 15 is 0 Å². The first-order valence-electron chi connectivity index (χ1n) is 8.58. The van der Waals surface area contributed by atoms with Crippen molar-refractivity contribution < 1.29 is 23.1 Å². The fourth-order valence-electron chi connectivity index (χ4n) is 3.67. The summed E-state index contributed by atoms with van der Waals surface area (Å²) in [6, 6.07) is 12.3. The Hall–Kier alpha value is -2.34. The van der Waals surface area contributed by atoms with E-state index in [1.165, 1.54) is 18.2 Å². The SMILES string of the molecule is O=C(O)c1ccc(CNC2CCCC2c2ccccc2C(F)(F)F)cc1. The Kier molecular flexibility index (Phi) is 5.32. The third-order valence-electron chi connectivity index (χ3n) is 4.95. The van der Waals surface area contributed by atoms with Crippen LogP contribution in [0.3, 0.4) is 0 Å². The summed E-state index contributed by atoms with van der Waals surface area (Å²) in [7, 11) is 0. The van der Waals surface area contributed by atoms with Gasteiger partial charge in [-0.25, -0.2) is 4.79 Å². The van der Waals surface area contributed by atoms with E-state index in [0.717, 1.165) is 30.9 Å². The summed E-state index contributed by atoms with van der Waals surface area (Å²) in [5, 5.41) is 12.3. The average molecular weight is 363 g/mol. The third-order valence-corrected chi connectivity index (χ3v) is 4.95. The fraction of sp³-hybridized carbons (Fsp3) is 0.350. The minimum atomic E-state index is -4.35. The molecule has 2 aromatic carbocycles. The highest BCUT2D eigenvalue weighted by Crippen LogP contribution is 2.41. The summed E-state index contributed by atoms with van der Waals surface area (Å²) < 4.78 is 39.9. The molecular weight excluding hydrogens is 343 g/mol. The van der Waals surface area contributed by atoms with E-state index in [2.05, 4.69) is 5.32 Å². The van der Waals surface area contributed by atoms with Gasteiger partial charge < -0.3 is 10.4 Å². The van der Waals surface area contributed by atoms with Crippen molar-refractivity contribution in [2.24, 2.45) is 0 Å². The molecule has 2 aromatic rings. The molecule has 2 atom stereocenters. The normalized spacial score (nSPS) is 20.3. The lowest BCUT2D eigenvalue weighted by Gasteiger charge is -2.24. The molecule has 6 heteroatoms. The molecule has 26 heavy (non-hydrogen) atoms. The van der Waals surface area contributed by atoms with E-state index in [-0.39, 0.29) is 17.5 Å². The van der Waals surface area contributed by atoms with E-state index in [0.29, 0.717) is 12.1 Å². The van der Waals surface area contributed by atoms with Crippen LogP contribution in [0.2, 0.25) is 0 Å². The molecule has 1 aliphatic rings. The highest BCUT2D eigenvalue weighted by atomic mass is 19.4. The molecule has 0 saturated heterocycles. The molecule has 2 N–H and O–H groups in total. The molecule has 0 spiro atoms. The molecule has 0 heterocycles. The molecule has 1 fully saturated rings. The van der Waals surface area contributed by atoms with Crippen molar-refractivity contribution >= 4 is 5.97 Å². The standard InChI is InChI=1S/C20H20F3NO2/c21-20(22,23)17-6-2-1-4-15(17)16-5-3-7-18(16)24-12-13-8-10-14(11-9-13)19(25)26/h1-2,4,6,8-11,16,18,24H,3,5,7,12H2,(H,25,26). The van der Waals surface area contributed by atoms with Crippen molar-refractivity contribution in [1.82, 2.24) is 5.32 Å². The average Bonchev–Trinajstić information content (AvgIpc) is 3.08. The number of carboxylic acid groups (broad SMARTS) is 1. The summed E-state index contributed by atoms with van der Waals surface area (Å²) in [6.45, 7) is 0.495. The maximum atomic E-state index is 13.3. The highest BCUT2D eigenvalue weighted by Gasteiger charge is 2.38. The van der Waals surface area contributed by atoms with E-state index in [1.807, 2.05) is 0 Å². The predicted octanol–water partition coefficient (Wildman–Crippen LogP) is 4.83. The Morgan fingerprint density at radius 3 is 2.42 bits per heavy atom. The van der Waals surface area contributed by atoms with E-state index in [4.69, 9.17) is 5.11 Å². The minimum absolute atomic E-state index is 0.0300. The zero-order chi connectivity index (χ0) is 18.7. The van der Waals surface area contributed by atoms with E-state index < -0.39 is 17.7 Å². The van der Waals surface area contributed by atoms with Crippen molar-refractivity contribution in [2.75, 3.05) is 0 Å². The van der Waals surface area contributed by atoms with Gasteiger partial charge >= 0.3 is 12.1 Å². The number of benzene rings is 2. The molecule has 2 unspecified atom stereocenters. The monoisotopic (exact) mass is 363 g/mol. The lowest BCUT2D eigenvalue weighted by molar-refractivity contribution is -0.138. The Morgan fingerprint density at radius 2 is 1.77 bits per heavy atom. The number of aromatic carboxylic acids is 1. The number of hydrogen-bond donors (Lipinski definition) is 2. The second-order valence-electron chi connectivity index (χ2n) is 6.61. The molecule has 0 bridgehead atoms. The molecule has 138 valence electrons. The number of rotatable bonds is 5. The summed E-state index contributed by atoms with van der Waals surface area (Å²) in [4.78, 5) is 10.9. The zero-order valence-electron chi connectivity index (χ0n) is 14.1. The van der Waals surface area contributed by atoms with Crippen molar-refractivity contribution in [3.8, 4) is 0 Å². The van der Waals surface area contributed by atoms with Gasteiger partial charge in [-0.05, 0) is 48.1 Å². The quantitative estimate of drug-likeness (QED) is 0.800. The van der Waals surface area contributed by atoms with Crippen LogP contribution in [0.4, 0.5) is 13.2 Å². The second-order valence-corrected chi connectivity index (χ2v) is 6.61.